The van der Waals surface area contributed by atoms with Gasteiger partial charge in [0.1, 0.15) is 11.5 Å². The molecule has 0 heterocycles. The maximum absolute atomic E-state index is 10.1. The third kappa shape index (κ3) is 10.6. The molecule has 0 saturated carbocycles. The Morgan fingerprint density at radius 1 is 0.704 bits per heavy atom. The van der Waals surface area contributed by atoms with Crippen LogP contribution in [0.15, 0.2) is 60.7 Å². The Balaban J connectivity index is 0.000000483. The first kappa shape index (κ1) is 24.1. The summed E-state index contributed by atoms with van der Waals surface area (Å²) >= 11 is 0. The molecule has 2 aromatic rings. The second-order valence-electron chi connectivity index (χ2n) is 4.85. The zero-order chi connectivity index (χ0) is 19.4. The van der Waals surface area contributed by atoms with Crippen LogP contribution in [0.25, 0.3) is 12.2 Å². The largest absolute Gasteiger partial charge is 2.00 e. The number of hydrogen-bond donors (Lipinski definition) is 0. The SMILES string of the molecule is COc1ccc(C=CC(=O)[O-])cc1.COc1ccc(C=CC(=O)[O-])cc1.[Zn+2]. The van der Waals surface area contributed by atoms with Crippen LogP contribution in [0.5, 0.6) is 11.5 Å². The Hall–Kier alpha value is -2.92. The van der Waals surface area contributed by atoms with E-state index in [1.807, 2.05) is 0 Å². The summed E-state index contributed by atoms with van der Waals surface area (Å²) in [5, 5.41) is 20.1. The molecule has 7 heteroatoms. The average molecular weight is 420 g/mol. The van der Waals surface area contributed by atoms with Gasteiger partial charge in [-0.3, -0.25) is 0 Å². The first-order chi connectivity index (χ1) is 12.4. The molecule has 0 unspecified atom stereocenters. The van der Waals surface area contributed by atoms with Gasteiger partial charge in [0.25, 0.3) is 0 Å². The number of carbonyl (C=O) groups is 2. The summed E-state index contributed by atoms with van der Waals surface area (Å²) in [6, 6.07) is 14.1. The summed E-state index contributed by atoms with van der Waals surface area (Å²) in [7, 11) is 3.15. The van der Waals surface area contributed by atoms with Gasteiger partial charge in [0, 0.05) is 0 Å². The molecule has 0 saturated heterocycles. The van der Waals surface area contributed by atoms with E-state index < -0.39 is 11.9 Å². The van der Waals surface area contributed by atoms with E-state index in [1.54, 1.807) is 62.8 Å². The summed E-state index contributed by atoms with van der Waals surface area (Å²) in [5.41, 5.74) is 1.59. The van der Waals surface area contributed by atoms with Gasteiger partial charge in [0.2, 0.25) is 0 Å². The van der Waals surface area contributed by atoms with Crippen molar-refractivity contribution in [3.05, 3.63) is 71.8 Å². The Morgan fingerprint density at radius 3 is 1.22 bits per heavy atom. The van der Waals surface area contributed by atoms with Crippen molar-refractivity contribution < 1.29 is 48.8 Å². The minimum Gasteiger partial charge on any atom is -0.545 e. The van der Waals surface area contributed by atoms with Crippen LogP contribution < -0.4 is 19.7 Å². The number of ether oxygens (including phenoxy) is 2. The van der Waals surface area contributed by atoms with E-state index in [4.69, 9.17) is 9.47 Å². The van der Waals surface area contributed by atoms with Crippen LogP contribution in [0.3, 0.4) is 0 Å². The van der Waals surface area contributed by atoms with E-state index in [0.29, 0.717) is 0 Å². The van der Waals surface area contributed by atoms with Crippen molar-refractivity contribution in [2.24, 2.45) is 0 Å². The quantitative estimate of drug-likeness (QED) is 0.510. The molecule has 0 aromatic heterocycles. The molecule has 0 amide bonds. The second-order valence-corrected chi connectivity index (χ2v) is 4.85. The van der Waals surface area contributed by atoms with Crippen LogP contribution in [0.4, 0.5) is 0 Å². The molecule has 0 atom stereocenters. The Bertz CT molecular complexity index is 697. The molecule has 0 radical (unpaired) electrons. The van der Waals surface area contributed by atoms with Gasteiger partial charge in [0.05, 0.1) is 26.2 Å². The van der Waals surface area contributed by atoms with E-state index in [9.17, 15) is 19.8 Å². The van der Waals surface area contributed by atoms with Crippen LogP contribution in [0, 0.1) is 0 Å². The molecule has 0 N–H and O–H groups in total. The molecule has 0 aliphatic heterocycles. The Labute approximate surface area is 170 Å². The van der Waals surface area contributed by atoms with Gasteiger partial charge in [-0.15, -0.1) is 0 Å². The van der Waals surface area contributed by atoms with Crippen molar-refractivity contribution in [3.8, 4) is 11.5 Å². The molecule has 2 aromatic carbocycles. The fraction of sp³-hybridized carbons (Fsp3) is 0.100. The molecular weight excluding hydrogens is 402 g/mol. The Morgan fingerprint density at radius 2 is 1.00 bits per heavy atom. The number of hydrogen-bond acceptors (Lipinski definition) is 6. The van der Waals surface area contributed by atoms with Crippen molar-refractivity contribution in [3.63, 3.8) is 0 Å². The van der Waals surface area contributed by atoms with Crippen molar-refractivity contribution in [2.75, 3.05) is 14.2 Å². The van der Waals surface area contributed by atoms with Gasteiger partial charge in [0.15, 0.2) is 0 Å². The van der Waals surface area contributed by atoms with E-state index in [1.165, 1.54) is 12.2 Å². The predicted molar refractivity (Wildman–Crippen MR) is 94.1 cm³/mol. The van der Waals surface area contributed by atoms with Crippen LogP contribution in [-0.2, 0) is 29.1 Å². The average Bonchev–Trinajstić information content (AvgIpc) is 2.66. The number of benzene rings is 2. The third-order valence-corrected chi connectivity index (χ3v) is 3.06. The molecule has 0 spiro atoms. The van der Waals surface area contributed by atoms with Gasteiger partial charge in [-0.1, -0.05) is 36.4 Å². The molecular formula is C20H18O6Zn. The summed E-state index contributed by atoms with van der Waals surface area (Å²) in [6.45, 7) is 0. The normalized spacial score (nSPS) is 9.85. The smallest absolute Gasteiger partial charge is 0.545 e. The molecule has 27 heavy (non-hydrogen) atoms. The molecule has 0 aliphatic carbocycles. The summed E-state index contributed by atoms with van der Waals surface area (Å²) in [5.74, 6) is -0.914. The van der Waals surface area contributed by atoms with Gasteiger partial charge >= 0.3 is 19.5 Å². The number of carbonyl (C=O) groups excluding carboxylic acids is 2. The zero-order valence-electron chi connectivity index (χ0n) is 15.1. The first-order valence-corrected chi connectivity index (χ1v) is 7.51. The monoisotopic (exact) mass is 418 g/mol. The summed E-state index contributed by atoms with van der Waals surface area (Å²) in [4.78, 5) is 20.1. The standard InChI is InChI=1S/2C10H10O3.Zn/c2*1-13-9-5-2-8(3-6-9)4-7-10(11)12;/h2*2-7H,1H3,(H,11,12);/q;;+2/p-2. The van der Waals surface area contributed by atoms with Crippen LogP contribution in [-0.4, -0.2) is 26.2 Å². The fourth-order valence-electron chi connectivity index (χ4n) is 1.76. The number of rotatable bonds is 6. The van der Waals surface area contributed by atoms with Crippen molar-refractivity contribution in [1.82, 2.24) is 0 Å². The van der Waals surface area contributed by atoms with Crippen molar-refractivity contribution >= 4 is 24.1 Å². The number of aliphatic carboxylic acids is 2. The van der Waals surface area contributed by atoms with Gasteiger partial charge in [-0.25, -0.2) is 0 Å². The number of carboxylic acid groups (broad SMARTS) is 2. The van der Waals surface area contributed by atoms with Gasteiger partial charge in [-0.2, -0.15) is 0 Å². The van der Waals surface area contributed by atoms with Crippen LogP contribution in [0.1, 0.15) is 11.1 Å². The molecule has 136 valence electrons. The molecule has 2 rings (SSSR count). The minimum absolute atomic E-state index is 0. The fourth-order valence-corrected chi connectivity index (χ4v) is 1.76. The summed E-state index contributed by atoms with van der Waals surface area (Å²) < 4.78 is 9.88. The van der Waals surface area contributed by atoms with Crippen molar-refractivity contribution in [2.45, 2.75) is 0 Å². The van der Waals surface area contributed by atoms with Gasteiger partial charge in [-0.05, 0) is 47.5 Å². The third-order valence-electron chi connectivity index (χ3n) is 3.06. The maximum Gasteiger partial charge on any atom is 2.00 e. The molecule has 0 bridgehead atoms. The zero-order valence-corrected chi connectivity index (χ0v) is 18.1. The van der Waals surface area contributed by atoms with E-state index in [2.05, 4.69) is 0 Å². The maximum atomic E-state index is 10.1. The second kappa shape index (κ2) is 13.3. The van der Waals surface area contributed by atoms with Crippen LogP contribution in [0.2, 0.25) is 0 Å². The number of carboxylic acids is 2. The number of methoxy groups -OCH3 is 2. The molecule has 6 nitrogen and oxygen atoms in total. The summed E-state index contributed by atoms with van der Waals surface area (Å²) in [6.07, 6.45) is 4.91. The van der Waals surface area contributed by atoms with E-state index in [-0.39, 0.29) is 19.5 Å². The van der Waals surface area contributed by atoms with Gasteiger partial charge < -0.3 is 29.3 Å². The minimum atomic E-state index is -1.20. The topological polar surface area (TPSA) is 98.7 Å². The Kier molecular flexibility index (Phi) is 11.9. The molecule has 0 aliphatic rings. The molecule has 0 fully saturated rings. The predicted octanol–water partition coefficient (Wildman–Crippen LogP) is 0.914. The first-order valence-electron chi connectivity index (χ1n) is 7.51. The van der Waals surface area contributed by atoms with Crippen LogP contribution >= 0.6 is 0 Å². The van der Waals surface area contributed by atoms with E-state index in [0.717, 1.165) is 34.8 Å². The van der Waals surface area contributed by atoms with Crippen molar-refractivity contribution in [1.29, 1.82) is 0 Å². The van der Waals surface area contributed by atoms with E-state index >= 15 is 0 Å².